The second-order valence-electron chi connectivity index (χ2n) is 8.56. The van der Waals surface area contributed by atoms with Gasteiger partial charge in [0.25, 0.3) is 0 Å². The molecule has 0 spiro atoms. The van der Waals surface area contributed by atoms with E-state index in [1.54, 1.807) is 24.3 Å². The summed E-state index contributed by atoms with van der Waals surface area (Å²) in [6, 6.07) is -0.600. The third-order valence-corrected chi connectivity index (χ3v) is 6.29. The number of carbonyl (C=O) groups is 2. The third kappa shape index (κ3) is 3.87. The van der Waals surface area contributed by atoms with E-state index >= 15 is 0 Å². The molecular formula is C22H27N9O2. The van der Waals surface area contributed by atoms with E-state index in [0.29, 0.717) is 42.3 Å². The summed E-state index contributed by atoms with van der Waals surface area (Å²) in [6.45, 7) is 4.99. The van der Waals surface area contributed by atoms with Crippen LogP contribution in [-0.4, -0.2) is 71.9 Å². The fourth-order valence-corrected chi connectivity index (χ4v) is 4.43. The van der Waals surface area contributed by atoms with Crippen LogP contribution in [0.25, 0.3) is 22.6 Å². The topological polar surface area (TPSA) is 131 Å². The van der Waals surface area contributed by atoms with Crippen LogP contribution in [0.5, 0.6) is 0 Å². The molecule has 172 valence electrons. The van der Waals surface area contributed by atoms with Crippen molar-refractivity contribution in [1.82, 2.24) is 39.7 Å². The summed E-state index contributed by atoms with van der Waals surface area (Å²) in [5.74, 6) is 1.98. The largest absolute Gasteiger partial charge is 0.363 e. The SMILES string of the molecule is CCn1c(-c2cnc(C)nc2)nc2c(NC3C[C@@H](C(=O)NC)N(C(=O)C4CC4)C3)ncnc21. The maximum atomic E-state index is 12.8. The van der Waals surface area contributed by atoms with Crippen molar-refractivity contribution < 1.29 is 9.59 Å². The number of amides is 2. The summed E-state index contributed by atoms with van der Waals surface area (Å²) in [6.07, 6.45) is 7.33. The highest BCUT2D eigenvalue weighted by Crippen LogP contribution is 2.35. The zero-order chi connectivity index (χ0) is 23.1. The number of anilines is 1. The zero-order valence-corrected chi connectivity index (χ0v) is 18.9. The van der Waals surface area contributed by atoms with Crippen LogP contribution in [0.1, 0.15) is 32.0 Å². The van der Waals surface area contributed by atoms with Crippen molar-refractivity contribution in [3.05, 3.63) is 24.5 Å². The van der Waals surface area contributed by atoms with E-state index in [0.717, 1.165) is 24.2 Å². The minimum atomic E-state index is -0.480. The van der Waals surface area contributed by atoms with Crippen molar-refractivity contribution in [2.24, 2.45) is 5.92 Å². The van der Waals surface area contributed by atoms with Crippen LogP contribution < -0.4 is 10.6 Å². The first kappa shape index (κ1) is 21.2. The predicted octanol–water partition coefficient (Wildman–Crippen LogP) is 1.15. The third-order valence-electron chi connectivity index (χ3n) is 6.29. The van der Waals surface area contributed by atoms with Gasteiger partial charge in [0.05, 0.1) is 5.56 Å². The summed E-state index contributed by atoms with van der Waals surface area (Å²) in [5.41, 5.74) is 2.14. The number of imidazole rings is 1. The average Bonchev–Trinajstić information content (AvgIpc) is 3.48. The van der Waals surface area contributed by atoms with Gasteiger partial charge in [-0.2, -0.15) is 0 Å². The molecule has 1 saturated heterocycles. The molecule has 1 saturated carbocycles. The van der Waals surface area contributed by atoms with E-state index in [-0.39, 0.29) is 23.8 Å². The number of hydrogen-bond acceptors (Lipinski definition) is 8. The Morgan fingerprint density at radius 3 is 2.58 bits per heavy atom. The summed E-state index contributed by atoms with van der Waals surface area (Å²) >= 11 is 0. The highest BCUT2D eigenvalue weighted by Gasteiger charge is 2.44. The normalized spacial score (nSPS) is 20.3. The molecule has 3 aromatic heterocycles. The number of hydrogen-bond donors (Lipinski definition) is 2. The molecule has 1 aliphatic carbocycles. The lowest BCUT2D eigenvalue weighted by Gasteiger charge is -2.23. The van der Waals surface area contributed by atoms with Gasteiger partial charge in [-0.3, -0.25) is 9.59 Å². The molecule has 2 atom stereocenters. The molecule has 2 aliphatic rings. The van der Waals surface area contributed by atoms with Gasteiger partial charge in [-0.25, -0.2) is 24.9 Å². The number of carbonyl (C=O) groups excluding carboxylic acids is 2. The maximum Gasteiger partial charge on any atom is 0.242 e. The predicted molar refractivity (Wildman–Crippen MR) is 121 cm³/mol. The smallest absolute Gasteiger partial charge is 0.242 e. The zero-order valence-electron chi connectivity index (χ0n) is 18.9. The number of nitrogens with zero attached hydrogens (tertiary/aromatic N) is 7. The van der Waals surface area contributed by atoms with Gasteiger partial charge in [-0.15, -0.1) is 0 Å². The van der Waals surface area contributed by atoms with Crippen molar-refractivity contribution in [2.45, 2.75) is 51.7 Å². The van der Waals surface area contributed by atoms with Gasteiger partial charge in [0.1, 0.15) is 24.0 Å². The summed E-state index contributed by atoms with van der Waals surface area (Å²) < 4.78 is 2.00. The highest BCUT2D eigenvalue weighted by atomic mass is 16.2. The lowest BCUT2D eigenvalue weighted by atomic mass is 10.1. The monoisotopic (exact) mass is 449 g/mol. The maximum absolute atomic E-state index is 12.8. The van der Waals surface area contributed by atoms with Gasteiger partial charge < -0.3 is 20.1 Å². The van der Waals surface area contributed by atoms with Crippen LogP contribution in [0.3, 0.4) is 0 Å². The Labute approximate surface area is 191 Å². The Morgan fingerprint density at radius 1 is 1.15 bits per heavy atom. The molecule has 4 heterocycles. The minimum absolute atomic E-state index is 0.0567. The molecule has 11 heteroatoms. The number of likely N-dealkylation sites (tertiary alicyclic amines) is 1. The molecule has 2 amide bonds. The molecule has 11 nitrogen and oxygen atoms in total. The van der Waals surface area contributed by atoms with Crippen LogP contribution >= 0.6 is 0 Å². The van der Waals surface area contributed by atoms with Crippen LogP contribution in [0.2, 0.25) is 0 Å². The Bertz CT molecular complexity index is 1200. The molecule has 0 bridgehead atoms. The molecule has 0 radical (unpaired) electrons. The van der Waals surface area contributed by atoms with Crippen molar-refractivity contribution in [3.63, 3.8) is 0 Å². The number of aryl methyl sites for hydroxylation is 2. The molecule has 5 rings (SSSR count). The Balaban J connectivity index is 1.46. The molecule has 2 fully saturated rings. The first-order valence-electron chi connectivity index (χ1n) is 11.3. The fraction of sp³-hybridized carbons (Fsp3) is 0.500. The Kier molecular flexibility index (Phi) is 5.39. The van der Waals surface area contributed by atoms with Gasteiger partial charge in [-0.05, 0) is 33.1 Å². The first-order valence-corrected chi connectivity index (χ1v) is 11.3. The van der Waals surface area contributed by atoms with E-state index in [9.17, 15) is 9.59 Å². The summed E-state index contributed by atoms with van der Waals surface area (Å²) in [5, 5.41) is 6.12. The highest BCUT2D eigenvalue weighted by molar-refractivity contribution is 5.90. The van der Waals surface area contributed by atoms with E-state index < -0.39 is 6.04 Å². The average molecular weight is 450 g/mol. The van der Waals surface area contributed by atoms with E-state index in [4.69, 9.17) is 4.98 Å². The molecule has 0 aromatic carbocycles. The number of nitrogens with one attached hydrogen (secondary N) is 2. The first-order chi connectivity index (χ1) is 16.0. The van der Waals surface area contributed by atoms with E-state index in [2.05, 4.69) is 30.6 Å². The van der Waals surface area contributed by atoms with E-state index in [1.807, 2.05) is 18.4 Å². The van der Waals surface area contributed by atoms with Crippen molar-refractivity contribution >= 4 is 28.8 Å². The summed E-state index contributed by atoms with van der Waals surface area (Å²) in [4.78, 5) is 49.3. The number of fused-ring (bicyclic) bond motifs is 1. The molecule has 1 aliphatic heterocycles. The van der Waals surface area contributed by atoms with Gasteiger partial charge in [-0.1, -0.05) is 0 Å². The van der Waals surface area contributed by atoms with E-state index in [1.165, 1.54) is 6.33 Å². The van der Waals surface area contributed by atoms with Crippen LogP contribution in [0.15, 0.2) is 18.7 Å². The second-order valence-corrected chi connectivity index (χ2v) is 8.56. The van der Waals surface area contributed by atoms with Gasteiger partial charge in [0.15, 0.2) is 17.0 Å². The lowest BCUT2D eigenvalue weighted by Crippen LogP contribution is -2.45. The minimum Gasteiger partial charge on any atom is -0.363 e. The van der Waals surface area contributed by atoms with Crippen molar-refractivity contribution in [3.8, 4) is 11.4 Å². The van der Waals surface area contributed by atoms with Gasteiger partial charge >= 0.3 is 0 Å². The fourth-order valence-electron chi connectivity index (χ4n) is 4.43. The second kappa shape index (κ2) is 8.38. The van der Waals surface area contributed by atoms with Gasteiger partial charge in [0.2, 0.25) is 11.8 Å². The number of aromatic nitrogens is 6. The quantitative estimate of drug-likeness (QED) is 0.573. The van der Waals surface area contributed by atoms with Crippen molar-refractivity contribution in [1.29, 1.82) is 0 Å². The molecule has 33 heavy (non-hydrogen) atoms. The summed E-state index contributed by atoms with van der Waals surface area (Å²) in [7, 11) is 1.60. The standard InChI is InChI=1S/C22H27N9O2/c1-4-30-19(14-8-24-12(2)25-9-14)29-17-18(26-11-27-20(17)30)28-15-7-16(21(32)23-3)31(10-15)22(33)13-5-6-13/h8-9,11,13,15-16H,4-7,10H2,1-3H3,(H,23,32)(H,26,27,28)/t15?,16-/m0/s1. The molecule has 2 N–H and O–H groups in total. The van der Waals surface area contributed by atoms with Crippen LogP contribution in [0, 0.1) is 12.8 Å². The lowest BCUT2D eigenvalue weighted by molar-refractivity contribution is -0.139. The Morgan fingerprint density at radius 2 is 1.91 bits per heavy atom. The number of rotatable bonds is 6. The molecule has 3 aromatic rings. The number of likely N-dealkylation sites (N-methyl/N-ethyl adjacent to an activating group) is 1. The van der Waals surface area contributed by atoms with Crippen LogP contribution in [-0.2, 0) is 16.1 Å². The Hall–Kier alpha value is -3.63. The van der Waals surface area contributed by atoms with Gasteiger partial charge in [0, 0.05) is 44.5 Å². The molecular weight excluding hydrogens is 422 g/mol. The van der Waals surface area contributed by atoms with Crippen LogP contribution in [0.4, 0.5) is 5.82 Å². The molecule has 1 unspecified atom stereocenters. The van der Waals surface area contributed by atoms with Crippen molar-refractivity contribution in [2.75, 3.05) is 18.9 Å².